The Morgan fingerprint density at radius 3 is 2.18 bits per heavy atom. The highest BCUT2D eigenvalue weighted by Gasteiger charge is 1.93. The number of nitrogens with zero attached hydrogens (tertiary/aromatic N) is 1. The summed E-state index contributed by atoms with van der Waals surface area (Å²) in [5.41, 5.74) is 0. The molecule has 0 saturated heterocycles. The molecule has 62 valence electrons. The van der Waals surface area contributed by atoms with Gasteiger partial charge in [-0.25, -0.2) is 0 Å². The molecule has 2 heteroatoms. The van der Waals surface area contributed by atoms with Gasteiger partial charge in [0.25, 0.3) is 0 Å². The van der Waals surface area contributed by atoms with Crippen LogP contribution in [0.1, 0.15) is 26.7 Å². The third-order valence-electron chi connectivity index (χ3n) is 1.27. The fourth-order valence-corrected chi connectivity index (χ4v) is 0.881. The van der Waals surface area contributed by atoms with E-state index < -0.39 is 0 Å². The first-order chi connectivity index (χ1) is 5.35. The van der Waals surface area contributed by atoms with E-state index in [1.54, 1.807) is 0 Å². The van der Waals surface area contributed by atoms with Crippen LogP contribution in [0.15, 0.2) is 0 Å². The lowest BCUT2D eigenvalue weighted by molar-refractivity contribution is -0.103. The Labute approximate surface area is 68.6 Å². The standard InChI is InChI=1S/C9H15NO/c1-3-6-10(7-4-2)8-5-9-11/h9H,3-4,6-7H2,1-2H3. The quantitative estimate of drug-likeness (QED) is 0.344. The molecule has 0 aliphatic heterocycles. The molecule has 11 heavy (non-hydrogen) atoms. The van der Waals surface area contributed by atoms with Crippen LogP contribution in [0, 0.1) is 12.0 Å². The summed E-state index contributed by atoms with van der Waals surface area (Å²) in [6, 6.07) is 2.79. The molecule has 0 aromatic carbocycles. The average molecular weight is 153 g/mol. The highest BCUT2D eigenvalue weighted by Crippen LogP contribution is 1.90. The van der Waals surface area contributed by atoms with Crippen LogP contribution >= 0.6 is 0 Å². The summed E-state index contributed by atoms with van der Waals surface area (Å²) >= 11 is 0. The van der Waals surface area contributed by atoms with E-state index in [9.17, 15) is 4.79 Å². The molecule has 0 saturated carbocycles. The topological polar surface area (TPSA) is 20.3 Å². The van der Waals surface area contributed by atoms with E-state index in [0.29, 0.717) is 6.29 Å². The van der Waals surface area contributed by atoms with Gasteiger partial charge in [-0.1, -0.05) is 13.8 Å². The maximum atomic E-state index is 9.92. The van der Waals surface area contributed by atoms with Crippen LogP contribution in [0.3, 0.4) is 0 Å². The van der Waals surface area contributed by atoms with Gasteiger partial charge < -0.3 is 4.90 Å². The summed E-state index contributed by atoms with van der Waals surface area (Å²) in [6.07, 6.45) is 2.79. The molecule has 0 aromatic rings. The second kappa shape index (κ2) is 7.14. The minimum absolute atomic E-state index is 0.637. The summed E-state index contributed by atoms with van der Waals surface area (Å²) in [5.74, 6) is 2.41. The molecule has 0 N–H and O–H groups in total. The van der Waals surface area contributed by atoms with Crippen molar-refractivity contribution in [1.82, 2.24) is 4.90 Å². The smallest absolute Gasteiger partial charge is 0.194 e. The van der Waals surface area contributed by atoms with Crippen LogP contribution in [-0.2, 0) is 4.79 Å². The van der Waals surface area contributed by atoms with Crippen molar-refractivity contribution in [2.24, 2.45) is 0 Å². The van der Waals surface area contributed by atoms with E-state index in [-0.39, 0.29) is 0 Å². The molecule has 0 atom stereocenters. The lowest BCUT2D eigenvalue weighted by atomic mass is 10.4. The largest absolute Gasteiger partial charge is 0.332 e. The molecule has 0 aromatic heterocycles. The van der Waals surface area contributed by atoms with Crippen molar-refractivity contribution in [2.75, 3.05) is 13.1 Å². The van der Waals surface area contributed by atoms with Gasteiger partial charge in [-0.15, -0.1) is 0 Å². The third kappa shape index (κ3) is 5.47. The summed E-state index contributed by atoms with van der Waals surface area (Å²) < 4.78 is 0. The summed E-state index contributed by atoms with van der Waals surface area (Å²) in [7, 11) is 0. The molecule has 0 radical (unpaired) electrons. The zero-order chi connectivity index (χ0) is 8.53. The van der Waals surface area contributed by atoms with Crippen molar-refractivity contribution < 1.29 is 4.79 Å². The molecule has 0 rings (SSSR count). The molecule has 0 heterocycles. The number of carbonyl (C=O) groups is 1. The van der Waals surface area contributed by atoms with Gasteiger partial charge in [0.15, 0.2) is 6.29 Å². The van der Waals surface area contributed by atoms with E-state index in [4.69, 9.17) is 0 Å². The molecule has 2 nitrogen and oxygen atoms in total. The molecule has 0 aliphatic rings. The van der Waals surface area contributed by atoms with Crippen LogP contribution in [0.4, 0.5) is 0 Å². The van der Waals surface area contributed by atoms with Crippen molar-refractivity contribution in [3.63, 3.8) is 0 Å². The number of carbonyl (C=O) groups excluding carboxylic acids is 1. The van der Waals surface area contributed by atoms with Crippen LogP contribution in [-0.4, -0.2) is 24.3 Å². The minimum atomic E-state index is 0.637. The predicted octanol–water partition coefficient (Wildman–Crippen LogP) is 1.27. The van der Waals surface area contributed by atoms with E-state index in [1.165, 1.54) is 0 Å². The Morgan fingerprint density at radius 2 is 1.82 bits per heavy atom. The SMILES string of the molecule is CCCN(C#CC=O)CCC. The fourth-order valence-electron chi connectivity index (χ4n) is 0.881. The van der Waals surface area contributed by atoms with Gasteiger partial charge in [-0.05, 0) is 18.8 Å². The first-order valence-corrected chi connectivity index (χ1v) is 4.04. The van der Waals surface area contributed by atoms with E-state index in [0.717, 1.165) is 25.9 Å². The van der Waals surface area contributed by atoms with Gasteiger partial charge in [0.05, 0.1) is 0 Å². The normalized spacial score (nSPS) is 8.18. The van der Waals surface area contributed by atoms with Crippen LogP contribution in [0.25, 0.3) is 0 Å². The molecular weight excluding hydrogens is 138 g/mol. The first kappa shape index (κ1) is 10.0. The maximum Gasteiger partial charge on any atom is 0.194 e. The van der Waals surface area contributed by atoms with Crippen LogP contribution in [0.2, 0.25) is 0 Å². The van der Waals surface area contributed by atoms with E-state index >= 15 is 0 Å². The van der Waals surface area contributed by atoms with Crippen molar-refractivity contribution in [2.45, 2.75) is 26.7 Å². The lowest BCUT2D eigenvalue weighted by Crippen LogP contribution is -2.19. The molecule has 0 unspecified atom stereocenters. The highest BCUT2D eigenvalue weighted by atomic mass is 16.1. The van der Waals surface area contributed by atoms with Gasteiger partial charge in [0, 0.05) is 19.1 Å². The Bertz CT molecular complexity index is 149. The van der Waals surface area contributed by atoms with Crippen molar-refractivity contribution in [3.05, 3.63) is 0 Å². The third-order valence-corrected chi connectivity index (χ3v) is 1.27. The molecular formula is C9H15NO. The van der Waals surface area contributed by atoms with Gasteiger partial charge in [-0.3, -0.25) is 4.79 Å². The van der Waals surface area contributed by atoms with Crippen molar-refractivity contribution in [3.8, 4) is 12.0 Å². The Kier molecular flexibility index (Phi) is 6.51. The Balaban J connectivity index is 3.77. The van der Waals surface area contributed by atoms with Crippen LogP contribution < -0.4 is 0 Å². The van der Waals surface area contributed by atoms with Crippen molar-refractivity contribution >= 4 is 6.29 Å². The van der Waals surface area contributed by atoms with Crippen molar-refractivity contribution in [1.29, 1.82) is 0 Å². The number of rotatable bonds is 4. The predicted molar refractivity (Wildman–Crippen MR) is 46.0 cm³/mol. The second-order valence-electron chi connectivity index (χ2n) is 2.36. The lowest BCUT2D eigenvalue weighted by Gasteiger charge is -2.14. The highest BCUT2D eigenvalue weighted by molar-refractivity contribution is 5.72. The minimum Gasteiger partial charge on any atom is -0.332 e. The van der Waals surface area contributed by atoms with E-state index in [2.05, 4.69) is 25.8 Å². The Hall–Kier alpha value is -0.970. The van der Waals surface area contributed by atoms with Gasteiger partial charge >= 0.3 is 0 Å². The summed E-state index contributed by atoms with van der Waals surface area (Å²) in [6.45, 7) is 6.11. The van der Waals surface area contributed by atoms with Gasteiger partial charge in [0.2, 0.25) is 0 Å². The van der Waals surface area contributed by atoms with Crippen LogP contribution in [0.5, 0.6) is 0 Å². The molecule has 0 aliphatic carbocycles. The maximum absolute atomic E-state index is 9.92. The zero-order valence-electron chi connectivity index (χ0n) is 7.26. The molecule has 0 amide bonds. The van der Waals surface area contributed by atoms with Gasteiger partial charge in [-0.2, -0.15) is 0 Å². The number of aldehydes is 1. The molecule has 0 bridgehead atoms. The van der Waals surface area contributed by atoms with Gasteiger partial charge in [0.1, 0.15) is 0 Å². The number of hydrogen-bond donors (Lipinski definition) is 0. The Morgan fingerprint density at radius 1 is 1.27 bits per heavy atom. The summed E-state index contributed by atoms with van der Waals surface area (Å²) in [5, 5.41) is 0. The zero-order valence-corrected chi connectivity index (χ0v) is 7.26. The monoisotopic (exact) mass is 153 g/mol. The fraction of sp³-hybridized carbons (Fsp3) is 0.667. The first-order valence-electron chi connectivity index (χ1n) is 4.04. The average Bonchev–Trinajstić information content (AvgIpc) is 2.01. The van der Waals surface area contributed by atoms with E-state index in [1.807, 2.05) is 4.90 Å². The summed E-state index contributed by atoms with van der Waals surface area (Å²) in [4.78, 5) is 11.9. The second-order valence-corrected chi connectivity index (χ2v) is 2.36. The number of hydrogen-bond acceptors (Lipinski definition) is 2. The molecule has 0 fully saturated rings. The molecule has 0 spiro atoms.